The molecule has 7 heteroatoms. The van der Waals surface area contributed by atoms with Crippen LogP contribution in [0.4, 0.5) is 4.39 Å². The van der Waals surface area contributed by atoms with Crippen LogP contribution in [0.2, 0.25) is 0 Å². The van der Waals surface area contributed by atoms with Gasteiger partial charge in [-0.3, -0.25) is 9.69 Å². The Morgan fingerprint density at radius 3 is 2.50 bits per heavy atom. The molecule has 1 aliphatic heterocycles. The summed E-state index contributed by atoms with van der Waals surface area (Å²) in [5.74, 6) is -1.35. The summed E-state index contributed by atoms with van der Waals surface area (Å²) < 4.78 is 16.1. The van der Waals surface area contributed by atoms with Crippen LogP contribution in [0, 0.1) is 11.7 Å². The zero-order chi connectivity index (χ0) is 22.6. The van der Waals surface area contributed by atoms with E-state index >= 15 is 0 Å². The summed E-state index contributed by atoms with van der Waals surface area (Å²) in [6, 6.07) is 22.4. The molecule has 1 N–H and O–H groups in total. The zero-order valence-electron chi connectivity index (χ0n) is 18.4. The second-order valence-electron chi connectivity index (χ2n) is 9.19. The summed E-state index contributed by atoms with van der Waals surface area (Å²) in [4.78, 5) is 17.7. The van der Waals surface area contributed by atoms with Crippen LogP contribution in [0.3, 0.4) is 0 Å². The van der Waals surface area contributed by atoms with Crippen LogP contribution in [-0.4, -0.2) is 34.0 Å². The van der Waals surface area contributed by atoms with Gasteiger partial charge in [-0.1, -0.05) is 42.5 Å². The number of carbonyl (C=O) groups is 1. The SMILES string of the molecule is Cl.O=C(O)C1CN(Cc2ccc(-c3nc4ccc(C5(c6ccccc6)CC5)cc4s3)c(F)c2)C1. The first-order valence-electron chi connectivity index (χ1n) is 11.2. The fourth-order valence-electron chi connectivity index (χ4n) is 4.91. The summed E-state index contributed by atoms with van der Waals surface area (Å²) in [7, 11) is 0. The zero-order valence-corrected chi connectivity index (χ0v) is 20.0. The molecule has 1 aliphatic carbocycles. The van der Waals surface area contributed by atoms with Crippen molar-refractivity contribution in [2.24, 2.45) is 5.92 Å². The lowest BCUT2D eigenvalue weighted by atomic mass is 9.88. The number of thiazole rings is 1. The first kappa shape index (κ1) is 23.0. The predicted octanol–water partition coefficient (Wildman–Crippen LogP) is 6.12. The second kappa shape index (κ2) is 8.77. The van der Waals surface area contributed by atoms with Crippen molar-refractivity contribution in [3.05, 3.63) is 89.2 Å². The molecule has 2 fully saturated rings. The molecule has 0 amide bonds. The van der Waals surface area contributed by atoms with E-state index in [0.29, 0.717) is 30.2 Å². The molecular formula is C27H24ClFN2O2S. The molecule has 2 aliphatic rings. The number of fused-ring (bicyclic) bond motifs is 1. The number of halogens is 2. The summed E-state index contributed by atoms with van der Waals surface area (Å²) in [5.41, 5.74) is 5.02. The van der Waals surface area contributed by atoms with Crippen LogP contribution < -0.4 is 0 Å². The average Bonchev–Trinajstić information content (AvgIpc) is 3.49. The van der Waals surface area contributed by atoms with Crippen molar-refractivity contribution in [3.63, 3.8) is 0 Å². The van der Waals surface area contributed by atoms with Gasteiger partial charge in [0.2, 0.25) is 0 Å². The van der Waals surface area contributed by atoms with Gasteiger partial charge in [0, 0.05) is 30.6 Å². The maximum Gasteiger partial charge on any atom is 0.309 e. The van der Waals surface area contributed by atoms with Gasteiger partial charge in [-0.2, -0.15) is 0 Å². The van der Waals surface area contributed by atoms with Gasteiger partial charge in [0.25, 0.3) is 0 Å². The lowest BCUT2D eigenvalue weighted by Crippen LogP contribution is -2.49. The molecule has 4 nitrogen and oxygen atoms in total. The molecule has 174 valence electrons. The van der Waals surface area contributed by atoms with Crippen molar-refractivity contribution in [2.75, 3.05) is 13.1 Å². The highest BCUT2D eigenvalue weighted by Gasteiger charge is 2.45. The molecule has 0 radical (unpaired) electrons. The maximum atomic E-state index is 15.0. The predicted molar refractivity (Wildman–Crippen MR) is 135 cm³/mol. The number of hydrogen-bond acceptors (Lipinski definition) is 4. The number of likely N-dealkylation sites (tertiary alicyclic amines) is 1. The topological polar surface area (TPSA) is 53.4 Å². The standard InChI is InChI=1S/C27H23FN2O2S.ClH/c28-22-12-17(14-30-15-18(16-30)26(31)32)6-8-21(22)25-29-23-9-7-20(13-24(23)33-25)27(10-11-27)19-4-2-1-3-5-19;/h1-9,12-13,18H,10-11,14-16H2,(H,31,32);1H. The molecular weight excluding hydrogens is 471 g/mol. The van der Waals surface area contributed by atoms with Gasteiger partial charge in [0.1, 0.15) is 10.8 Å². The van der Waals surface area contributed by atoms with Gasteiger partial charge in [0.15, 0.2) is 0 Å². The molecule has 1 aromatic heterocycles. The van der Waals surface area contributed by atoms with Crippen LogP contribution in [0.1, 0.15) is 29.5 Å². The van der Waals surface area contributed by atoms with Crippen molar-refractivity contribution in [3.8, 4) is 10.6 Å². The van der Waals surface area contributed by atoms with Gasteiger partial charge < -0.3 is 5.11 Å². The van der Waals surface area contributed by atoms with Gasteiger partial charge in [-0.25, -0.2) is 9.37 Å². The third-order valence-corrected chi connectivity index (χ3v) is 8.05. The monoisotopic (exact) mass is 494 g/mol. The van der Waals surface area contributed by atoms with Gasteiger partial charge in [-0.15, -0.1) is 23.7 Å². The minimum absolute atomic E-state index is 0. The Morgan fingerprint density at radius 1 is 1.06 bits per heavy atom. The Hall–Kier alpha value is -2.80. The van der Waals surface area contributed by atoms with Crippen LogP contribution in [0.25, 0.3) is 20.8 Å². The fourth-order valence-corrected chi connectivity index (χ4v) is 5.94. The lowest BCUT2D eigenvalue weighted by molar-refractivity contribution is -0.147. The fraction of sp³-hybridized carbons (Fsp3) is 0.259. The van der Waals surface area contributed by atoms with Crippen molar-refractivity contribution < 1.29 is 14.3 Å². The Bertz CT molecular complexity index is 1360. The minimum Gasteiger partial charge on any atom is -0.481 e. The number of hydrogen-bond donors (Lipinski definition) is 1. The van der Waals surface area contributed by atoms with Crippen LogP contribution in [-0.2, 0) is 16.8 Å². The van der Waals surface area contributed by atoms with Gasteiger partial charge in [-0.05, 0) is 53.8 Å². The summed E-state index contributed by atoms with van der Waals surface area (Å²) >= 11 is 1.53. The molecule has 0 unspecified atom stereocenters. The molecule has 6 rings (SSSR count). The molecule has 0 spiro atoms. The van der Waals surface area contributed by atoms with E-state index in [4.69, 9.17) is 10.1 Å². The van der Waals surface area contributed by atoms with E-state index in [0.717, 1.165) is 28.6 Å². The largest absolute Gasteiger partial charge is 0.481 e. The summed E-state index contributed by atoms with van der Waals surface area (Å²) in [5, 5.41) is 9.70. The number of carboxylic acids is 1. The molecule has 4 aromatic rings. The van der Waals surface area contributed by atoms with Gasteiger partial charge >= 0.3 is 5.97 Å². The third-order valence-electron chi connectivity index (χ3n) is 6.99. The minimum atomic E-state index is -0.761. The number of carboxylic acid groups (broad SMARTS) is 1. The van der Waals surface area contributed by atoms with E-state index in [-0.39, 0.29) is 29.6 Å². The lowest BCUT2D eigenvalue weighted by Gasteiger charge is -2.36. The Balaban J connectivity index is 0.00000241. The van der Waals surface area contributed by atoms with E-state index in [1.807, 2.05) is 11.0 Å². The molecule has 3 aromatic carbocycles. The molecule has 0 atom stereocenters. The Labute approximate surface area is 207 Å². The second-order valence-corrected chi connectivity index (χ2v) is 10.2. The van der Waals surface area contributed by atoms with E-state index in [1.165, 1.54) is 22.5 Å². The highest BCUT2D eigenvalue weighted by Crippen LogP contribution is 2.54. The van der Waals surface area contributed by atoms with Crippen molar-refractivity contribution in [2.45, 2.75) is 24.8 Å². The first-order valence-corrected chi connectivity index (χ1v) is 12.0. The Kier molecular flexibility index (Phi) is 5.92. The highest BCUT2D eigenvalue weighted by atomic mass is 35.5. The van der Waals surface area contributed by atoms with E-state index in [2.05, 4.69) is 48.5 Å². The maximum absolute atomic E-state index is 15.0. The number of aromatic nitrogens is 1. The van der Waals surface area contributed by atoms with E-state index in [1.54, 1.807) is 12.1 Å². The molecule has 1 saturated carbocycles. The molecule has 34 heavy (non-hydrogen) atoms. The van der Waals surface area contributed by atoms with Crippen LogP contribution in [0.15, 0.2) is 66.7 Å². The molecule has 2 heterocycles. The number of benzene rings is 3. The normalized spacial score (nSPS) is 17.2. The smallest absolute Gasteiger partial charge is 0.309 e. The van der Waals surface area contributed by atoms with E-state index in [9.17, 15) is 9.18 Å². The van der Waals surface area contributed by atoms with Crippen LogP contribution in [0.5, 0.6) is 0 Å². The van der Waals surface area contributed by atoms with Gasteiger partial charge in [0.05, 0.1) is 16.1 Å². The summed E-state index contributed by atoms with van der Waals surface area (Å²) in [6.07, 6.45) is 2.29. The number of rotatable bonds is 6. The quantitative estimate of drug-likeness (QED) is 0.351. The van der Waals surface area contributed by atoms with Crippen molar-refractivity contribution >= 4 is 39.9 Å². The van der Waals surface area contributed by atoms with Crippen molar-refractivity contribution in [1.82, 2.24) is 9.88 Å². The molecule has 0 bridgehead atoms. The summed E-state index contributed by atoms with van der Waals surface area (Å²) in [6.45, 7) is 1.60. The van der Waals surface area contributed by atoms with Crippen LogP contribution >= 0.6 is 23.7 Å². The third kappa shape index (κ3) is 4.00. The average molecular weight is 495 g/mol. The number of nitrogens with zero attached hydrogens (tertiary/aromatic N) is 2. The molecule has 1 saturated heterocycles. The van der Waals surface area contributed by atoms with Crippen molar-refractivity contribution in [1.29, 1.82) is 0 Å². The number of aliphatic carboxylic acids is 1. The van der Waals surface area contributed by atoms with E-state index < -0.39 is 5.97 Å². The first-order chi connectivity index (χ1) is 16.0. The highest BCUT2D eigenvalue weighted by molar-refractivity contribution is 7.21. The Morgan fingerprint density at radius 2 is 1.82 bits per heavy atom.